The monoisotopic (exact) mass is 467 g/mol. The molecule has 2 aliphatic rings. The number of nitrogens with two attached hydrogens (primary N) is 2. The summed E-state index contributed by atoms with van der Waals surface area (Å²) >= 11 is 6.12. The van der Waals surface area contributed by atoms with Crippen molar-refractivity contribution in [2.75, 3.05) is 19.4 Å². The second kappa shape index (κ2) is 11.4. The van der Waals surface area contributed by atoms with Gasteiger partial charge >= 0.3 is 0 Å². The van der Waals surface area contributed by atoms with E-state index in [4.69, 9.17) is 27.8 Å². The summed E-state index contributed by atoms with van der Waals surface area (Å²) in [5.74, 6) is 0.535. The molecule has 1 heterocycles. The highest BCUT2D eigenvalue weighted by Crippen LogP contribution is 2.36. The highest BCUT2D eigenvalue weighted by Gasteiger charge is 2.23. The molecule has 4 rings (SSSR count). The number of carbonyl (C=O) groups excluding carboxylic acids is 1. The Balaban J connectivity index is 0.000000286. The SMILES string of the molecule is COc1ccc(C2C=C(c3cc(Cl)ccc3N)CCN2C=O)cc1.NC1=CC(F)=CCC=C1. The fourth-order valence-electron chi connectivity index (χ4n) is 3.65. The Morgan fingerprint density at radius 2 is 1.94 bits per heavy atom. The molecule has 172 valence electrons. The molecule has 1 aliphatic carbocycles. The van der Waals surface area contributed by atoms with Crippen LogP contribution in [0.15, 0.2) is 84.4 Å². The zero-order valence-corrected chi connectivity index (χ0v) is 19.1. The van der Waals surface area contributed by atoms with Crippen LogP contribution in [-0.4, -0.2) is 25.0 Å². The number of halogens is 2. The number of ether oxygens (including phenoxy) is 1. The number of benzene rings is 2. The van der Waals surface area contributed by atoms with Crippen molar-refractivity contribution in [2.24, 2.45) is 5.73 Å². The lowest BCUT2D eigenvalue weighted by atomic mass is 9.92. The van der Waals surface area contributed by atoms with Gasteiger partial charge in [0.05, 0.1) is 13.2 Å². The Morgan fingerprint density at radius 3 is 2.64 bits per heavy atom. The van der Waals surface area contributed by atoms with Crippen molar-refractivity contribution in [3.63, 3.8) is 0 Å². The van der Waals surface area contributed by atoms with Crippen molar-refractivity contribution in [3.8, 4) is 5.75 Å². The first-order valence-electron chi connectivity index (χ1n) is 10.5. The number of nitrogens with zero attached hydrogens (tertiary/aromatic N) is 1. The van der Waals surface area contributed by atoms with Gasteiger partial charge in [-0.2, -0.15) is 0 Å². The Morgan fingerprint density at radius 1 is 1.18 bits per heavy atom. The molecule has 1 aliphatic heterocycles. The summed E-state index contributed by atoms with van der Waals surface area (Å²) in [6, 6.07) is 13.1. The van der Waals surface area contributed by atoms with E-state index in [2.05, 4.69) is 6.08 Å². The van der Waals surface area contributed by atoms with Crippen molar-refractivity contribution in [1.29, 1.82) is 0 Å². The van der Waals surface area contributed by atoms with Gasteiger partial charge in [-0.05, 0) is 72.5 Å². The molecule has 1 amide bonds. The van der Waals surface area contributed by atoms with Crippen LogP contribution in [0.25, 0.3) is 5.57 Å². The number of allylic oxidation sites excluding steroid dienone is 5. The van der Waals surface area contributed by atoms with Gasteiger partial charge in [0.15, 0.2) is 0 Å². The van der Waals surface area contributed by atoms with Crippen molar-refractivity contribution < 1.29 is 13.9 Å². The summed E-state index contributed by atoms with van der Waals surface area (Å²) in [5, 5.41) is 0.652. The number of anilines is 1. The molecular weight excluding hydrogens is 441 g/mol. The predicted molar refractivity (Wildman–Crippen MR) is 132 cm³/mol. The van der Waals surface area contributed by atoms with Gasteiger partial charge in [-0.3, -0.25) is 4.79 Å². The van der Waals surface area contributed by atoms with Gasteiger partial charge in [0.1, 0.15) is 11.6 Å². The van der Waals surface area contributed by atoms with Crippen molar-refractivity contribution in [1.82, 2.24) is 4.90 Å². The van der Waals surface area contributed by atoms with Gasteiger partial charge in [0, 0.05) is 28.5 Å². The van der Waals surface area contributed by atoms with Crippen molar-refractivity contribution in [2.45, 2.75) is 18.9 Å². The normalized spacial score (nSPS) is 17.6. The lowest BCUT2D eigenvalue weighted by Gasteiger charge is -2.32. The first-order chi connectivity index (χ1) is 15.9. The van der Waals surface area contributed by atoms with Crippen LogP contribution in [0.5, 0.6) is 5.75 Å². The number of carbonyl (C=O) groups is 1. The number of rotatable bonds is 4. The summed E-state index contributed by atoms with van der Waals surface area (Å²) in [6.45, 7) is 0.637. The summed E-state index contributed by atoms with van der Waals surface area (Å²) in [7, 11) is 1.63. The highest BCUT2D eigenvalue weighted by molar-refractivity contribution is 6.30. The zero-order chi connectivity index (χ0) is 23.8. The van der Waals surface area contributed by atoms with E-state index in [1.165, 1.54) is 12.2 Å². The molecule has 0 saturated carbocycles. The van der Waals surface area contributed by atoms with Crippen LogP contribution in [-0.2, 0) is 4.79 Å². The first kappa shape index (κ1) is 24.1. The van der Waals surface area contributed by atoms with Crippen LogP contribution in [0, 0.1) is 0 Å². The van der Waals surface area contributed by atoms with E-state index in [9.17, 15) is 9.18 Å². The number of hydrogen-bond donors (Lipinski definition) is 2. The molecule has 0 fully saturated rings. The van der Waals surface area contributed by atoms with Gasteiger partial charge in [-0.1, -0.05) is 35.9 Å². The molecule has 0 bridgehead atoms. The molecule has 2 aromatic rings. The minimum atomic E-state index is -0.252. The second-order valence-corrected chi connectivity index (χ2v) is 8.04. The van der Waals surface area contributed by atoms with Crippen LogP contribution in [0.3, 0.4) is 0 Å². The average Bonchev–Trinajstić information content (AvgIpc) is 3.03. The zero-order valence-electron chi connectivity index (χ0n) is 18.4. The summed E-state index contributed by atoms with van der Waals surface area (Å²) in [6.07, 6.45) is 10.7. The molecule has 2 aromatic carbocycles. The maximum absolute atomic E-state index is 12.4. The predicted octanol–water partition coefficient (Wildman–Crippen LogP) is 5.56. The number of amides is 1. The third kappa shape index (κ3) is 6.49. The van der Waals surface area contributed by atoms with Crippen LogP contribution in [0.4, 0.5) is 10.1 Å². The first-order valence-corrected chi connectivity index (χ1v) is 10.9. The fraction of sp³-hybridized carbons (Fsp3) is 0.192. The fourth-order valence-corrected chi connectivity index (χ4v) is 3.82. The minimum absolute atomic E-state index is 0.129. The summed E-state index contributed by atoms with van der Waals surface area (Å²) in [4.78, 5) is 13.2. The largest absolute Gasteiger partial charge is 0.497 e. The number of methoxy groups -OCH3 is 1. The van der Waals surface area contributed by atoms with E-state index in [0.29, 0.717) is 29.4 Å². The quantitative estimate of drug-likeness (QED) is 0.455. The Hall–Kier alpha value is -3.51. The molecule has 0 saturated heterocycles. The topological polar surface area (TPSA) is 81.6 Å². The van der Waals surface area contributed by atoms with Crippen molar-refractivity contribution >= 4 is 29.3 Å². The maximum Gasteiger partial charge on any atom is 0.210 e. The molecule has 1 atom stereocenters. The Bertz CT molecular complexity index is 1110. The molecule has 33 heavy (non-hydrogen) atoms. The molecule has 1 unspecified atom stereocenters. The summed E-state index contributed by atoms with van der Waals surface area (Å²) in [5.41, 5.74) is 15.7. The Kier molecular flexibility index (Phi) is 8.33. The molecule has 0 aromatic heterocycles. The third-order valence-electron chi connectivity index (χ3n) is 5.37. The van der Waals surface area contributed by atoms with E-state index >= 15 is 0 Å². The van der Waals surface area contributed by atoms with Gasteiger partial charge in [0.25, 0.3) is 0 Å². The van der Waals surface area contributed by atoms with E-state index < -0.39 is 0 Å². The smallest absolute Gasteiger partial charge is 0.210 e. The molecule has 5 nitrogen and oxygen atoms in total. The molecule has 4 N–H and O–H groups in total. The second-order valence-electron chi connectivity index (χ2n) is 7.61. The van der Waals surface area contributed by atoms with Gasteiger partial charge < -0.3 is 21.1 Å². The number of hydrogen-bond acceptors (Lipinski definition) is 4. The van der Waals surface area contributed by atoms with E-state index in [-0.39, 0.29) is 11.9 Å². The van der Waals surface area contributed by atoms with Crippen LogP contribution >= 0.6 is 11.6 Å². The third-order valence-corrected chi connectivity index (χ3v) is 5.61. The Labute approximate surface area is 198 Å². The lowest BCUT2D eigenvalue weighted by Crippen LogP contribution is -2.30. The van der Waals surface area contributed by atoms with Gasteiger partial charge in [-0.15, -0.1) is 0 Å². The van der Waals surface area contributed by atoms with Crippen LogP contribution in [0.2, 0.25) is 5.02 Å². The molecule has 0 spiro atoms. The van der Waals surface area contributed by atoms with Crippen LogP contribution in [0.1, 0.15) is 30.0 Å². The van der Waals surface area contributed by atoms with Gasteiger partial charge in [0.2, 0.25) is 6.41 Å². The summed E-state index contributed by atoms with van der Waals surface area (Å²) < 4.78 is 17.6. The van der Waals surface area contributed by atoms with Gasteiger partial charge in [-0.25, -0.2) is 4.39 Å². The van der Waals surface area contributed by atoms with Crippen LogP contribution < -0.4 is 16.2 Å². The molecular formula is C26H27ClFN3O2. The lowest BCUT2D eigenvalue weighted by molar-refractivity contribution is -0.119. The standard InChI is InChI=1S/C19H19ClN2O2.C7H8FN/c1-24-16-5-2-13(3-6-16)19-10-14(8-9-22(19)12-23)17-11-15(20)4-7-18(17)21;8-6-3-1-2-4-7(9)5-6/h2-7,10-12,19H,8-9,21H2,1H3;2-5H,1,9H2. The minimum Gasteiger partial charge on any atom is -0.497 e. The van der Waals surface area contributed by atoms with Crippen molar-refractivity contribution in [3.05, 3.63) is 101 Å². The number of nitrogen functional groups attached to an aromatic ring is 1. The van der Waals surface area contributed by atoms with E-state index in [1.807, 2.05) is 42.5 Å². The van der Waals surface area contributed by atoms with E-state index in [0.717, 1.165) is 35.3 Å². The molecule has 7 heteroatoms. The van der Waals surface area contributed by atoms with E-state index in [1.54, 1.807) is 24.2 Å². The average molecular weight is 468 g/mol. The highest BCUT2D eigenvalue weighted by atomic mass is 35.5. The maximum atomic E-state index is 12.4. The molecule has 0 radical (unpaired) electrons.